The summed E-state index contributed by atoms with van der Waals surface area (Å²) in [6.07, 6.45) is 0. The summed E-state index contributed by atoms with van der Waals surface area (Å²) in [5.41, 5.74) is 0.637. The number of thiophene rings is 1. The molecule has 2 aromatic rings. The minimum atomic E-state index is -3.69. The number of nitrogens with zero attached hydrogens (tertiary/aromatic N) is 1. The molecule has 0 aliphatic rings. The summed E-state index contributed by atoms with van der Waals surface area (Å²) in [5.74, 6) is 0. The van der Waals surface area contributed by atoms with Gasteiger partial charge in [0.2, 0.25) is 0 Å². The molecule has 0 aliphatic carbocycles. The van der Waals surface area contributed by atoms with Crippen LogP contribution in [0.25, 0.3) is 0 Å². The lowest BCUT2D eigenvalue weighted by Gasteiger charge is -2.07. The molecule has 0 radical (unpaired) electrons. The number of anilines is 1. The van der Waals surface area contributed by atoms with Crippen molar-refractivity contribution < 1.29 is 8.42 Å². The van der Waals surface area contributed by atoms with E-state index in [4.69, 9.17) is 5.26 Å². The Bertz CT molecular complexity index is 655. The van der Waals surface area contributed by atoms with Crippen LogP contribution in [0.1, 0.15) is 5.56 Å². The normalized spacial score (nSPS) is 10.8. The first-order valence-electron chi connectivity index (χ1n) is 4.67. The van der Waals surface area contributed by atoms with Gasteiger partial charge in [-0.2, -0.15) is 16.6 Å². The third kappa shape index (κ3) is 2.46. The van der Waals surface area contributed by atoms with Crippen LogP contribution in [0.5, 0.6) is 0 Å². The highest BCUT2D eigenvalue weighted by molar-refractivity contribution is 7.92. The summed E-state index contributed by atoms with van der Waals surface area (Å²) >= 11 is 1.39. The molecule has 1 aromatic heterocycles. The Labute approximate surface area is 103 Å². The molecule has 1 aromatic carbocycles. The molecule has 4 nitrogen and oxygen atoms in total. The minimum absolute atomic E-state index is 0.00583. The zero-order chi connectivity index (χ0) is 12.3. The second-order valence-corrected chi connectivity index (χ2v) is 5.66. The number of nitrogens with one attached hydrogen (secondary N) is 1. The van der Waals surface area contributed by atoms with Gasteiger partial charge in [-0.25, -0.2) is 8.42 Å². The van der Waals surface area contributed by atoms with Gasteiger partial charge in [-0.3, -0.25) is 4.72 Å². The van der Waals surface area contributed by atoms with Gasteiger partial charge in [-0.1, -0.05) is 12.1 Å². The van der Waals surface area contributed by atoms with E-state index in [0.717, 1.165) is 0 Å². The topological polar surface area (TPSA) is 70.0 Å². The molecule has 0 fully saturated rings. The average Bonchev–Trinajstić information content (AvgIpc) is 2.81. The summed E-state index contributed by atoms with van der Waals surface area (Å²) in [6.45, 7) is 0. The zero-order valence-electron chi connectivity index (χ0n) is 8.62. The molecule has 86 valence electrons. The Morgan fingerprint density at radius 3 is 2.65 bits per heavy atom. The molecule has 2 rings (SSSR count). The van der Waals surface area contributed by atoms with Crippen LogP contribution in [0.15, 0.2) is 46.0 Å². The van der Waals surface area contributed by atoms with Crippen molar-refractivity contribution in [2.75, 3.05) is 4.72 Å². The molecule has 0 atom stereocenters. The largest absolute Gasteiger partial charge is 0.279 e. The Morgan fingerprint density at radius 2 is 2.00 bits per heavy atom. The van der Waals surface area contributed by atoms with Crippen molar-refractivity contribution in [3.8, 4) is 6.07 Å². The molecular weight excluding hydrogens is 256 g/mol. The van der Waals surface area contributed by atoms with Gasteiger partial charge in [0.15, 0.2) is 0 Å². The molecular formula is C11H8N2O2S2. The van der Waals surface area contributed by atoms with Crippen molar-refractivity contribution in [2.24, 2.45) is 0 Å². The van der Waals surface area contributed by atoms with E-state index in [0.29, 0.717) is 5.69 Å². The van der Waals surface area contributed by atoms with Gasteiger partial charge in [0.1, 0.15) is 11.0 Å². The van der Waals surface area contributed by atoms with Crippen molar-refractivity contribution in [1.82, 2.24) is 0 Å². The van der Waals surface area contributed by atoms with Crippen LogP contribution in [0.2, 0.25) is 0 Å². The molecule has 0 unspecified atom stereocenters. The highest BCUT2D eigenvalue weighted by Gasteiger charge is 2.18. The van der Waals surface area contributed by atoms with Crippen LogP contribution in [-0.2, 0) is 10.0 Å². The highest BCUT2D eigenvalue weighted by Crippen LogP contribution is 2.20. The first-order chi connectivity index (χ1) is 8.13. The van der Waals surface area contributed by atoms with Gasteiger partial charge in [0, 0.05) is 5.38 Å². The van der Waals surface area contributed by atoms with Crippen LogP contribution in [0.3, 0.4) is 0 Å². The molecule has 0 amide bonds. The maximum absolute atomic E-state index is 12.0. The Hall–Kier alpha value is -1.84. The highest BCUT2D eigenvalue weighted by atomic mass is 32.2. The fourth-order valence-corrected chi connectivity index (χ4v) is 3.20. The van der Waals surface area contributed by atoms with Crippen LogP contribution >= 0.6 is 11.3 Å². The Morgan fingerprint density at radius 1 is 1.24 bits per heavy atom. The summed E-state index contributed by atoms with van der Waals surface area (Å²) in [4.78, 5) is -0.00583. The molecule has 0 bridgehead atoms. The van der Waals surface area contributed by atoms with Gasteiger partial charge >= 0.3 is 0 Å². The second kappa shape index (κ2) is 4.57. The minimum Gasteiger partial charge on any atom is -0.279 e. The third-order valence-electron chi connectivity index (χ3n) is 2.07. The molecule has 0 spiro atoms. The average molecular weight is 264 g/mol. The first-order valence-corrected chi connectivity index (χ1v) is 7.10. The number of benzene rings is 1. The van der Waals surface area contributed by atoms with Crippen LogP contribution < -0.4 is 4.72 Å². The molecule has 6 heteroatoms. The number of hydrogen-bond donors (Lipinski definition) is 1. The van der Waals surface area contributed by atoms with E-state index in [1.807, 2.05) is 6.07 Å². The summed E-state index contributed by atoms with van der Waals surface area (Å²) < 4.78 is 26.5. The van der Waals surface area contributed by atoms with Gasteiger partial charge in [0.05, 0.1) is 11.3 Å². The van der Waals surface area contributed by atoms with Crippen molar-refractivity contribution in [3.05, 3.63) is 46.7 Å². The van der Waals surface area contributed by atoms with Gasteiger partial charge in [0.25, 0.3) is 10.0 Å². The molecule has 0 saturated heterocycles. The fraction of sp³-hybridized carbons (Fsp3) is 0. The number of hydrogen-bond acceptors (Lipinski definition) is 4. The molecule has 17 heavy (non-hydrogen) atoms. The summed E-state index contributed by atoms with van der Waals surface area (Å²) in [5, 5.41) is 12.3. The van der Waals surface area contributed by atoms with Crippen molar-refractivity contribution in [2.45, 2.75) is 4.90 Å². The molecule has 0 aliphatic heterocycles. The van der Waals surface area contributed by atoms with Crippen molar-refractivity contribution >= 4 is 27.0 Å². The second-order valence-electron chi connectivity index (χ2n) is 3.23. The van der Waals surface area contributed by atoms with Gasteiger partial charge in [-0.05, 0) is 23.6 Å². The van der Waals surface area contributed by atoms with Gasteiger partial charge < -0.3 is 0 Å². The lowest BCUT2D eigenvalue weighted by Crippen LogP contribution is -2.13. The smallest absolute Gasteiger partial charge is 0.263 e. The van der Waals surface area contributed by atoms with Crippen molar-refractivity contribution in [1.29, 1.82) is 5.26 Å². The van der Waals surface area contributed by atoms with Crippen molar-refractivity contribution in [3.63, 3.8) is 0 Å². The maximum Gasteiger partial charge on any atom is 0.263 e. The fourth-order valence-electron chi connectivity index (χ4n) is 1.33. The van der Waals surface area contributed by atoms with E-state index < -0.39 is 10.0 Å². The summed E-state index contributed by atoms with van der Waals surface area (Å²) in [6, 6.07) is 9.63. The van der Waals surface area contributed by atoms with Crippen LogP contribution in [0.4, 0.5) is 5.69 Å². The predicted molar refractivity (Wildman–Crippen MR) is 66.3 cm³/mol. The number of sulfonamides is 1. The predicted octanol–water partition coefficient (Wildman–Crippen LogP) is 2.42. The van der Waals surface area contributed by atoms with Crippen LogP contribution in [-0.4, -0.2) is 8.42 Å². The molecule has 1 N–H and O–H groups in total. The van der Waals surface area contributed by atoms with Crippen LogP contribution in [0, 0.1) is 11.3 Å². The monoisotopic (exact) mass is 264 g/mol. The van der Waals surface area contributed by atoms with E-state index >= 15 is 0 Å². The standard InChI is InChI=1S/C11H8N2O2S2/c12-7-9-3-1-2-4-11(9)17(14,15)13-10-5-6-16-8-10/h1-6,8,13H. The van der Waals surface area contributed by atoms with Gasteiger partial charge in [-0.15, -0.1) is 0 Å². The molecule has 1 heterocycles. The first kappa shape index (κ1) is 11.6. The lowest BCUT2D eigenvalue weighted by atomic mass is 10.2. The maximum atomic E-state index is 12.0. The quantitative estimate of drug-likeness (QED) is 0.925. The third-order valence-corrected chi connectivity index (χ3v) is 4.19. The van der Waals surface area contributed by atoms with E-state index in [1.54, 1.807) is 29.0 Å². The summed E-state index contributed by atoms with van der Waals surface area (Å²) in [7, 11) is -3.69. The SMILES string of the molecule is N#Cc1ccccc1S(=O)(=O)Nc1ccsc1. The van der Waals surface area contributed by atoms with E-state index in [-0.39, 0.29) is 10.5 Å². The Kier molecular flexibility index (Phi) is 3.13. The zero-order valence-corrected chi connectivity index (χ0v) is 10.3. The van der Waals surface area contributed by atoms with E-state index in [9.17, 15) is 8.42 Å². The lowest BCUT2D eigenvalue weighted by molar-refractivity contribution is 0.601. The van der Waals surface area contributed by atoms with E-state index in [1.165, 1.54) is 23.5 Å². The number of nitriles is 1. The molecule has 0 saturated carbocycles. The van der Waals surface area contributed by atoms with E-state index in [2.05, 4.69) is 4.72 Å². The number of rotatable bonds is 3. The Balaban J connectivity index is 2.42.